The summed E-state index contributed by atoms with van der Waals surface area (Å²) in [5.74, 6) is -1.67. The first kappa shape index (κ1) is 13.0. The van der Waals surface area contributed by atoms with Gasteiger partial charge in [0, 0.05) is 0 Å². The number of amides is 1. The van der Waals surface area contributed by atoms with Crippen molar-refractivity contribution < 1.29 is 14.7 Å². The second-order valence-corrected chi connectivity index (χ2v) is 4.95. The van der Waals surface area contributed by atoms with Crippen LogP contribution in [0.25, 0.3) is 0 Å². The van der Waals surface area contributed by atoms with Crippen molar-refractivity contribution in [2.24, 2.45) is 5.92 Å². The van der Waals surface area contributed by atoms with Gasteiger partial charge < -0.3 is 10.4 Å². The van der Waals surface area contributed by atoms with Crippen LogP contribution in [-0.2, 0) is 4.79 Å². The first-order valence-corrected chi connectivity index (χ1v) is 5.96. The third kappa shape index (κ3) is 2.96. The molecule has 1 atom stereocenters. The molecule has 1 amide bonds. The second-order valence-electron chi connectivity index (χ2n) is 3.63. The molecule has 2 N–H and O–H groups in total. The molecule has 0 aliphatic rings. The highest BCUT2D eigenvalue weighted by Crippen LogP contribution is 2.22. The van der Waals surface area contributed by atoms with Crippen LogP contribution < -0.4 is 5.32 Å². The molecule has 1 rings (SSSR count). The Balaban J connectivity index is 2.77. The molecule has 1 aromatic heterocycles. The topological polar surface area (TPSA) is 66.4 Å². The van der Waals surface area contributed by atoms with Crippen LogP contribution in [0.4, 0.5) is 0 Å². The van der Waals surface area contributed by atoms with Crippen LogP contribution in [0.1, 0.15) is 23.5 Å². The Morgan fingerprint density at radius 2 is 2.12 bits per heavy atom. The number of rotatable bonds is 4. The molecule has 4 nitrogen and oxygen atoms in total. The maximum absolute atomic E-state index is 11.7. The molecule has 0 bridgehead atoms. The Morgan fingerprint density at radius 3 is 2.50 bits per heavy atom. The van der Waals surface area contributed by atoms with Crippen molar-refractivity contribution in [1.29, 1.82) is 0 Å². The Kier molecular flexibility index (Phi) is 4.32. The van der Waals surface area contributed by atoms with Crippen molar-refractivity contribution in [3.8, 4) is 0 Å². The number of carbonyl (C=O) groups is 2. The minimum absolute atomic E-state index is 0.180. The van der Waals surface area contributed by atoms with Gasteiger partial charge >= 0.3 is 5.97 Å². The summed E-state index contributed by atoms with van der Waals surface area (Å²) in [6, 6.07) is 0.706. The zero-order chi connectivity index (χ0) is 12.3. The number of carboxylic acids is 1. The summed E-state index contributed by atoms with van der Waals surface area (Å²) in [5, 5.41) is 13.4. The predicted octanol–water partition coefficient (Wildman–Crippen LogP) is 2.24. The summed E-state index contributed by atoms with van der Waals surface area (Å²) in [7, 11) is 0. The minimum Gasteiger partial charge on any atom is -0.480 e. The first-order valence-electron chi connectivity index (χ1n) is 4.70. The third-order valence-electron chi connectivity index (χ3n) is 2.04. The van der Waals surface area contributed by atoms with E-state index in [0.717, 1.165) is 0 Å². The van der Waals surface area contributed by atoms with Gasteiger partial charge in [-0.3, -0.25) is 4.79 Å². The van der Waals surface area contributed by atoms with E-state index in [4.69, 9.17) is 16.7 Å². The van der Waals surface area contributed by atoms with Gasteiger partial charge in [0.2, 0.25) is 0 Å². The molecule has 88 valence electrons. The largest absolute Gasteiger partial charge is 0.480 e. The number of carboxylic acid groups (broad SMARTS) is 1. The molecule has 1 heterocycles. The van der Waals surface area contributed by atoms with E-state index >= 15 is 0 Å². The molecule has 0 radical (unpaired) electrons. The molecular formula is C10H12ClNO3S. The van der Waals surface area contributed by atoms with Crippen LogP contribution in [0.15, 0.2) is 11.4 Å². The number of hydrogen-bond acceptors (Lipinski definition) is 3. The zero-order valence-corrected chi connectivity index (χ0v) is 10.4. The van der Waals surface area contributed by atoms with Gasteiger partial charge in [-0.15, -0.1) is 11.3 Å². The van der Waals surface area contributed by atoms with E-state index < -0.39 is 17.9 Å². The van der Waals surface area contributed by atoms with E-state index in [2.05, 4.69) is 5.32 Å². The molecule has 16 heavy (non-hydrogen) atoms. The summed E-state index contributed by atoms with van der Waals surface area (Å²) < 4.78 is 0. The number of aliphatic carboxylic acids is 1. The molecule has 0 saturated carbocycles. The number of hydrogen-bond donors (Lipinski definition) is 2. The maximum Gasteiger partial charge on any atom is 0.326 e. The lowest BCUT2D eigenvalue weighted by atomic mass is 10.0. The van der Waals surface area contributed by atoms with Crippen molar-refractivity contribution in [3.05, 3.63) is 21.3 Å². The number of nitrogens with one attached hydrogen (secondary N) is 1. The fourth-order valence-corrected chi connectivity index (χ4v) is 2.22. The Hall–Kier alpha value is -1.07. The molecule has 0 aliphatic carbocycles. The Labute approximate surface area is 102 Å². The van der Waals surface area contributed by atoms with Crippen LogP contribution in [-0.4, -0.2) is 23.0 Å². The van der Waals surface area contributed by atoms with Crippen molar-refractivity contribution in [2.75, 3.05) is 0 Å². The van der Waals surface area contributed by atoms with Gasteiger partial charge in [-0.2, -0.15) is 0 Å². The number of halogens is 1. The average molecular weight is 262 g/mol. The Bertz CT molecular complexity index is 403. The summed E-state index contributed by atoms with van der Waals surface area (Å²) in [6.45, 7) is 3.46. The zero-order valence-electron chi connectivity index (χ0n) is 8.86. The van der Waals surface area contributed by atoms with Crippen molar-refractivity contribution in [2.45, 2.75) is 19.9 Å². The SMILES string of the molecule is CC(C)[C@H](NC(=O)c1sccc1Cl)C(=O)O. The van der Waals surface area contributed by atoms with Crippen LogP contribution >= 0.6 is 22.9 Å². The normalized spacial score (nSPS) is 12.5. The lowest BCUT2D eigenvalue weighted by Crippen LogP contribution is -2.44. The van der Waals surface area contributed by atoms with Crippen molar-refractivity contribution in [3.63, 3.8) is 0 Å². The Morgan fingerprint density at radius 1 is 1.50 bits per heavy atom. The van der Waals surface area contributed by atoms with Gasteiger partial charge in [-0.1, -0.05) is 25.4 Å². The first-order chi connectivity index (χ1) is 7.43. The summed E-state index contributed by atoms with van der Waals surface area (Å²) in [6.07, 6.45) is 0. The third-order valence-corrected chi connectivity index (χ3v) is 3.38. The standard InChI is InChI=1S/C10H12ClNO3S/c1-5(2)7(10(14)15)12-9(13)8-6(11)3-4-16-8/h3-5,7H,1-2H3,(H,12,13)(H,14,15)/t7-/m0/s1. The predicted molar refractivity (Wildman–Crippen MR) is 63.1 cm³/mol. The van der Waals surface area contributed by atoms with E-state index in [1.807, 2.05) is 0 Å². The average Bonchev–Trinajstić information content (AvgIpc) is 2.59. The highest BCUT2D eigenvalue weighted by atomic mass is 35.5. The molecular weight excluding hydrogens is 250 g/mol. The molecule has 0 aliphatic heterocycles. The number of carbonyl (C=O) groups excluding carboxylic acids is 1. The van der Waals surface area contributed by atoms with E-state index in [-0.39, 0.29) is 5.92 Å². The van der Waals surface area contributed by atoms with E-state index in [9.17, 15) is 9.59 Å². The van der Waals surface area contributed by atoms with Gasteiger partial charge in [0.05, 0.1) is 5.02 Å². The van der Waals surface area contributed by atoms with Gasteiger partial charge in [0.15, 0.2) is 0 Å². The van der Waals surface area contributed by atoms with Gasteiger partial charge in [0.25, 0.3) is 5.91 Å². The smallest absolute Gasteiger partial charge is 0.326 e. The highest BCUT2D eigenvalue weighted by molar-refractivity contribution is 7.12. The molecule has 0 aromatic carbocycles. The van der Waals surface area contributed by atoms with Crippen molar-refractivity contribution >= 4 is 34.8 Å². The molecule has 0 fully saturated rings. The monoisotopic (exact) mass is 261 g/mol. The van der Waals surface area contributed by atoms with Crippen LogP contribution in [0, 0.1) is 5.92 Å². The van der Waals surface area contributed by atoms with Gasteiger partial charge in [-0.25, -0.2) is 4.79 Å². The minimum atomic E-state index is -1.05. The second kappa shape index (κ2) is 5.32. The van der Waals surface area contributed by atoms with Gasteiger partial charge in [0.1, 0.15) is 10.9 Å². The summed E-state index contributed by atoms with van der Waals surface area (Å²) in [4.78, 5) is 22.9. The lowest BCUT2D eigenvalue weighted by molar-refractivity contribution is -0.140. The molecule has 0 spiro atoms. The fraction of sp³-hybridized carbons (Fsp3) is 0.400. The van der Waals surface area contributed by atoms with E-state index in [0.29, 0.717) is 9.90 Å². The molecule has 0 saturated heterocycles. The maximum atomic E-state index is 11.7. The summed E-state index contributed by atoms with van der Waals surface area (Å²) >= 11 is 6.97. The van der Waals surface area contributed by atoms with Crippen LogP contribution in [0.3, 0.4) is 0 Å². The molecule has 6 heteroatoms. The van der Waals surface area contributed by atoms with Crippen LogP contribution in [0.2, 0.25) is 5.02 Å². The molecule has 0 unspecified atom stereocenters. The quantitative estimate of drug-likeness (QED) is 0.874. The summed E-state index contributed by atoms with van der Waals surface area (Å²) in [5.41, 5.74) is 0. The van der Waals surface area contributed by atoms with Crippen molar-refractivity contribution in [1.82, 2.24) is 5.32 Å². The highest BCUT2D eigenvalue weighted by Gasteiger charge is 2.25. The van der Waals surface area contributed by atoms with E-state index in [1.54, 1.807) is 25.3 Å². The van der Waals surface area contributed by atoms with E-state index in [1.165, 1.54) is 11.3 Å². The molecule has 1 aromatic rings. The van der Waals surface area contributed by atoms with Crippen LogP contribution in [0.5, 0.6) is 0 Å². The lowest BCUT2D eigenvalue weighted by Gasteiger charge is -2.17. The number of thiophene rings is 1. The van der Waals surface area contributed by atoms with Gasteiger partial charge in [-0.05, 0) is 17.4 Å². The fourth-order valence-electron chi connectivity index (χ4n) is 1.18.